The molecule has 1 heterocycles. The Morgan fingerprint density at radius 2 is 2.05 bits per heavy atom. The van der Waals surface area contributed by atoms with Gasteiger partial charge in [-0.15, -0.1) is 0 Å². The molecule has 0 aliphatic heterocycles. The molecule has 2 unspecified atom stereocenters. The Kier molecular flexibility index (Phi) is 3.78. The number of hydrogen-bond acceptors (Lipinski definition) is 3. The van der Waals surface area contributed by atoms with Gasteiger partial charge in [0, 0.05) is 18.4 Å². The Morgan fingerprint density at radius 1 is 1.25 bits per heavy atom. The summed E-state index contributed by atoms with van der Waals surface area (Å²) in [5.41, 5.74) is 5.68. The molecule has 3 rings (SSSR count). The van der Waals surface area contributed by atoms with Crippen LogP contribution in [-0.4, -0.2) is 27.0 Å². The van der Waals surface area contributed by atoms with E-state index in [4.69, 9.17) is 5.73 Å². The zero-order valence-electron chi connectivity index (χ0n) is 11.9. The van der Waals surface area contributed by atoms with E-state index in [-0.39, 0.29) is 11.9 Å². The molecule has 2 aliphatic carbocycles. The van der Waals surface area contributed by atoms with Crippen LogP contribution < -0.4 is 11.1 Å². The van der Waals surface area contributed by atoms with Gasteiger partial charge in [-0.3, -0.25) is 4.79 Å². The van der Waals surface area contributed by atoms with Crippen LogP contribution in [0.2, 0.25) is 0 Å². The standard InChI is InChI=1S/C15H24N4O/c16-15(7-2-1-3-8-15)14(20)18-12-5-4-6-13(12)19-10-9-17-11-19/h9-13H,1-8,16H2,(H,18,20). The predicted octanol–water partition coefficient (Wildman–Crippen LogP) is 1.75. The number of nitrogens with one attached hydrogen (secondary N) is 1. The highest BCUT2D eigenvalue weighted by Gasteiger charge is 2.38. The Balaban J connectivity index is 1.66. The fourth-order valence-electron chi connectivity index (χ4n) is 3.65. The van der Waals surface area contributed by atoms with Gasteiger partial charge in [0.1, 0.15) is 0 Å². The van der Waals surface area contributed by atoms with Gasteiger partial charge in [0.25, 0.3) is 0 Å². The highest BCUT2D eigenvalue weighted by Crippen LogP contribution is 2.32. The van der Waals surface area contributed by atoms with Crippen molar-refractivity contribution in [3.8, 4) is 0 Å². The number of nitrogens with zero attached hydrogens (tertiary/aromatic N) is 2. The lowest BCUT2D eigenvalue weighted by Gasteiger charge is -2.34. The molecule has 1 amide bonds. The van der Waals surface area contributed by atoms with Crippen molar-refractivity contribution in [2.75, 3.05) is 0 Å². The largest absolute Gasteiger partial charge is 0.350 e. The van der Waals surface area contributed by atoms with Gasteiger partial charge in [-0.2, -0.15) is 0 Å². The molecular formula is C15H24N4O. The highest BCUT2D eigenvalue weighted by molar-refractivity contribution is 5.86. The molecule has 5 nitrogen and oxygen atoms in total. The molecule has 0 spiro atoms. The topological polar surface area (TPSA) is 72.9 Å². The molecule has 110 valence electrons. The molecule has 2 atom stereocenters. The maximum Gasteiger partial charge on any atom is 0.240 e. The van der Waals surface area contributed by atoms with E-state index in [0.29, 0.717) is 6.04 Å². The molecule has 3 N–H and O–H groups in total. The summed E-state index contributed by atoms with van der Waals surface area (Å²) in [6.45, 7) is 0. The van der Waals surface area contributed by atoms with E-state index in [0.717, 1.165) is 44.9 Å². The van der Waals surface area contributed by atoms with Crippen LogP contribution in [0.3, 0.4) is 0 Å². The zero-order chi connectivity index (χ0) is 14.0. The highest BCUT2D eigenvalue weighted by atomic mass is 16.2. The second-order valence-electron chi connectivity index (χ2n) is 6.30. The Morgan fingerprint density at radius 3 is 2.75 bits per heavy atom. The first kappa shape index (κ1) is 13.6. The minimum Gasteiger partial charge on any atom is -0.350 e. The van der Waals surface area contributed by atoms with Crippen LogP contribution in [0.5, 0.6) is 0 Å². The van der Waals surface area contributed by atoms with E-state index in [2.05, 4.69) is 14.9 Å². The normalized spacial score (nSPS) is 29.2. The number of imidazole rings is 1. The van der Waals surface area contributed by atoms with Crippen LogP contribution in [0.15, 0.2) is 18.7 Å². The maximum atomic E-state index is 12.5. The van der Waals surface area contributed by atoms with Gasteiger partial charge >= 0.3 is 0 Å². The van der Waals surface area contributed by atoms with Crippen molar-refractivity contribution in [3.05, 3.63) is 18.7 Å². The summed E-state index contributed by atoms with van der Waals surface area (Å²) in [5.74, 6) is 0.0502. The van der Waals surface area contributed by atoms with Gasteiger partial charge in [-0.1, -0.05) is 19.3 Å². The van der Waals surface area contributed by atoms with Crippen molar-refractivity contribution in [2.45, 2.75) is 69.0 Å². The number of amides is 1. The van der Waals surface area contributed by atoms with E-state index in [1.807, 2.05) is 12.5 Å². The Hall–Kier alpha value is -1.36. The van der Waals surface area contributed by atoms with Crippen molar-refractivity contribution in [1.82, 2.24) is 14.9 Å². The van der Waals surface area contributed by atoms with Crippen molar-refractivity contribution in [1.29, 1.82) is 0 Å². The average Bonchev–Trinajstić information content (AvgIpc) is 3.09. The first-order valence-corrected chi connectivity index (χ1v) is 7.76. The second-order valence-corrected chi connectivity index (χ2v) is 6.30. The van der Waals surface area contributed by atoms with Crippen molar-refractivity contribution < 1.29 is 4.79 Å². The van der Waals surface area contributed by atoms with Gasteiger partial charge < -0.3 is 15.6 Å². The summed E-state index contributed by atoms with van der Waals surface area (Å²) in [6.07, 6.45) is 13.9. The summed E-state index contributed by atoms with van der Waals surface area (Å²) < 4.78 is 2.11. The lowest BCUT2D eigenvalue weighted by molar-refractivity contribution is -0.128. The van der Waals surface area contributed by atoms with Crippen LogP contribution in [0, 0.1) is 0 Å². The van der Waals surface area contributed by atoms with Gasteiger partial charge in [-0.05, 0) is 32.1 Å². The molecule has 1 aromatic rings. The Labute approximate surface area is 119 Å². The maximum absolute atomic E-state index is 12.5. The number of carbonyl (C=O) groups is 1. The molecule has 5 heteroatoms. The minimum atomic E-state index is -0.639. The first-order valence-electron chi connectivity index (χ1n) is 7.76. The number of carbonyl (C=O) groups excluding carboxylic acids is 1. The molecule has 1 aromatic heterocycles. The van der Waals surface area contributed by atoms with Gasteiger partial charge in [0.15, 0.2) is 0 Å². The van der Waals surface area contributed by atoms with Crippen LogP contribution >= 0.6 is 0 Å². The van der Waals surface area contributed by atoms with Crippen molar-refractivity contribution in [3.63, 3.8) is 0 Å². The van der Waals surface area contributed by atoms with Crippen LogP contribution in [-0.2, 0) is 4.79 Å². The minimum absolute atomic E-state index is 0.0502. The smallest absolute Gasteiger partial charge is 0.240 e. The van der Waals surface area contributed by atoms with Crippen molar-refractivity contribution >= 4 is 5.91 Å². The second kappa shape index (κ2) is 5.56. The van der Waals surface area contributed by atoms with E-state index >= 15 is 0 Å². The van der Waals surface area contributed by atoms with E-state index in [9.17, 15) is 4.79 Å². The third-order valence-electron chi connectivity index (χ3n) is 4.90. The average molecular weight is 276 g/mol. The molecule has 2 fully saturated rings. The summed E-state index contributed by atoms with van der Waals surface area (Å²) in [6, 6.07) is 0.521. The molecule has 2 aliphatic rings. The SMILES string of the molecule is NC1(C(=O)NC2CCCC2n2ccnc2)CCCCC1. The fourth-order valence-corrected chi connectivity index (χ4v) is 3.65. The number of hydrogen-bond donors (Lipinski definition) is 2. The summed E-state index contributed by atoms with van der Waals surface area (Å²) in [4.78, 5) is 16.6. The van der Waals surface area contributed by atoms with Crippen molar-refractivity contribution in [2.24, 2.45) is 5.73 Å². The lowest BCUT2D eigenvalue weighted by Crippen LogP contribution is -2.57. The lowest BCUT2D eigenvalue weighted by atomic mass is 9.81. The van der Waals surface area contributed by atoms with E-state index < -0.39 is 5.54 Å². The third-order valence-corrected chi connectivity index (χ3v) is 4.90. The van der Waals surface area contributed by atoms with E-state index in [1.54, 1.807) is 6.20 Å². The number of aromatic nitrogens is 2. The monoisotopic (exact) mass is 276 g/mol. The Bertz CT molecular complexity index is 450. The van der Waals surface area contributed by atoms with Crippen LogP contribution in [0.1, 0.15) is 57.4 Å². The summed E-state index contributed by atoms with van der Waals surface area (Å²) in [7, 11) is 0. The molecule has 0 saturated heterocycles. The molecule has 0 radical (unpaired) electrons. The van der Waals surface area contributed by atoms with Gasteiger partial charge in [0.05, 0.1) is 17.9 Å². The van der Waals surface area contributed by atoms with Crippen LogP contribution in [0.25, 0.3) is 0 Å². The molecule has 0 aromatic carbocycles. The first-order chi connectivity index (χ1) is 9.69. The molecule has 0 bridgehead atoms. The van der Waals surface area contributed by atoms with Gasteiger partial charge in [0.2, 0.25) is 5.91 Å². The molecule has 20 heavy (non-hydrogen) atoms. The fraction of sp³-hybridized carbons (Fsp3) is 0.733. The molecule has 2 saturated carbocycles. The quantitative estimate of drug-likeness (QED) is 0.883. The zero-order valence-corrected chi connectivity index (χ0v) is 11.9. The summed E-state index contributed by atoms with van der Waals surface area (Å²) in [5, 5.41) is 3.21. The van der Waals surface area contributed by atoms with Crippen LogP contribution in [0.4, 0.5) is 0 Å². The summed E-state index contributed by atoms with van der Waals surface area (Å²) >= 11 is 0. The molecular weight excluding hydrogens is 252 g/mol. The third kappa shape index (κ3) is 2.59. The number of rotatable bonds is 3. The van der Waals surface area contributed by atoms with E-state index in [1.165, 1.54) is 6.42 Å². The number of nitrogens with two attached hydrogens (primary N) is 1. The predicted molar refractivity (Wildman–Crippen MR) is 77.0 cm³/mol. The van der Waals surface area contributed by atoms with Gasteiger partial charge in [-0.25, -0.2) is 4.98 Å².